The molecule has 24 heavy (non-hydrogen) atoms. The Morgan fingerprint density at radius 2 is 2.08 bits per heavy atom. The average Bonchev–Trinajstić information content (AvgIpc) is 2.82. The Labute approximate surface area is 139 Å². The average molecular weight is 326 g/mol. The molecule has 1 aliphatic rings. The molecule has 0 atom stereocenters. The van der Waals surface area contributed by atoms with E-state index < -0.39 is 5.97 Å². The third-order valence-corrected chi connectivity index (χ3v) is 4.18. The fourth-order valence-corrected chi connectivity index (χ4v) is 2.94. The van der Waals surface area contributed by atoms with Crippen LogP contribution in [0, 0.1) is 0 Å². The molecule has 6 nitrogen and oxygen atoms in total. The highest BCUT2D eigenvalue weighted by Gasteiger charge is 2.24. The molecule has 2 aromatic rings. The number of carboxylic acids is 1. The second-order valence-electron chi connectivity index (χ2n) is 5.64. The van der Waals surface area contributed by atoms with Gasteiger partial charge >= 0.3 is 5.97 Å². The highest BCUT2D eigenvalue weighted by Crippen LogP contribution is 2.28. The number of carbonyl (C=O) groups excluding carboxylic acids is 1. The van der Waals surface area contributed by atoms with Gasteiger partial charge in [-0.3, -0.25) is 9.78 Å². The molecule has 6 heteroatoms. The first-order valence-corrected chi connectivity index (χ1v) is 7.78. The number of aromatic nitrogens is 1. The van der Waals surface area contributed by atoms with Crippen molar-refractivity contribution >= 4 is 17.6 Å². The van der Waals surface area contributed by atoms with E-state index in [0.717, 1.165) is 30.5 Å². The second-order valence-corrected chi connectivity index (χ2v) is 5.64. The van der Waals surface area contributed by atoms with E-state index in [1.54, 1.807) is 17.3 Å². The van der Waals surface area contributed by atoms with Gasteiger partial charge in [0.2, 0.25) is 0 Å². The number of ether oxygens (including phenoxy) is 1. The van der Waals surface area contributed by atoms with Gasteiger partial charge in [0.05, 0.1) is 19.0 Å². The second kappa shape index (κ2) is 6.70. The number of benzene rings is 1. The number of aryl methyl sites for hydroxylation is 1. The molecule has 0 saturated heterocycles. The summed E-state index contributed by atoms with van der Waals surface area (Å²) < 4.78 is 5.12. The number of amides is 1. The zero-order valence-corrected chi connectivity index (χ0v) is 13.4. The SMILES string of the molecule is COc1cc(C(=O)N2CCCCc3ccncc32)ccc1C(=O)O. The number of carbonyl (C=O) groups is 2. The van der Waals surface area contributed by atoms with Gasteiger partial charge in [-0.1, -0.05) is 0 Å². The topological polar surface area (TPSA) is 79.7 Å². The van der Waals surface area contributed by atoms with Crippen LogP contribution in [-0.2, 0) is 6.42 Å². The van der Waals surface area contributed by atoms with Crippen LogP contribution in [0.1, 0.15) is 39.1 Å². The number of nitrogens with zero attached hydrogens (tertiary/aromatic N) is 2. The summed E-state index contributed by atoms with van der Waals surface area (Å²) in [6.45, 7) is 0.612. The van der Waals surface area contributed by atoms with Crippen LogP contribution < -0.4 is 9.64 Å². The lowest BCUT2D eigenvalue weighted by Gasteiger charge is -2.22. The van der Waals surface area contributed by atoms with Crippen molar-refractivity contribution in [2.45, 2.75) is 19.3 Å². The Morgan fingerprint density at radius 3 is 2.83 bits per heavy atom. The van der Waals surface area contributed by atoms with Crippen LogP contribution in [0.3, 0.4) is 0 Å². The van der Waals surface area contributed by atoms with Crippen LogP contribution in [0.15, 0.2) is 36.7 Å². The Kier molecular flexibility index (Phi) is 4.46. The fraction of sp³-hybridized carbons (Fsp3) is 0.278. The quantitative estimate of drug-likeness (QED) is 0.938. The van der Waals surface area contributed by atoms with Gasteiger partial charge in [-0.2, -0.15) is 0 Å². The number of anilines is 1. The summed E-state index contributed by atoms with van der Waals surface area (Å²) in [4.78, 5) is 30.0. The molecular weight excluding hydrogens is 308 g/mol. The third-order valence-electron chi connectivity index (χ3n) is 4.18. The fourth-order valence-electron chi connectivity index (χ4n) is 2.94. The van der Waals surface area contributed by atoms with Crippen molar-refractivity contribution in [1.82, 2.24) is 4.98 Å². The van der Waals surface area contributed by atoms with Crippen LogP contribution in [0.5, 0.6) is 5.75 Å². The van der Waals surface area contributed by atoms with E-state index in [0.29, 0.717) is 12.1 Å². The van der Waals surface area contributed by atoms with E-state index in [4.69, 9.17) is 9.84 Å². The molecule has 0 aliphatic carbocycles. The molecule has 1 aromatic heterocycles. The predicted octanol–water partition coefficient (Wildman–Crippen LogP) is 2.77. The standard InChI is InChI=1S/C18H18N2O4/c1-24-16-10-13(5-6-14(16)18(22)23)17(21)20-9-3-2-4-12-7-8-19-11-15(12)20/h5-8,10-11H,2-4,9H2,1H3,(H,22,23). The lowest BCUT2D eigenvalue weighted by atomic mass is 10.1. The monoisotopic (exact) mass is 326 g/mol. The Hall–Kier alpha value is -2.89. The van der Waals surface area contributed by atoms with E-state index in [2.05, 4.69) is 4.98 Å². The van der Waals surface area contributed by atoms with Gasteiger partial charge in [0, 0.05) is 18.3 Å². The largest absolute Gasteiger partial charge is 0.496 e. The van der Waals surface area contributed by atoms with Gasteiger partial charge in [-0.15, -0.1) is 0 Å². The van der Waals surface area contributed by atoms with Crippen molar-refractivity contribution in [2.75, 3.05) is 18.6 Å². The molecule has 1 amide bonds. The Balaban J connectivity index is 1.99. The van der Waals surface area contributed by atoms with E-state index in [1.165, 1.54) is 25.3 Å². The molecule has 124 valence electrons. The highest BCUT2D eigenvalue weighted by atomic mass is 16.5. The molecule has 0 radical (unpaired) electrons. The number of hydrogen-bond donors (Lipinski definition) is 1. The maximum atomic E-state index is 13.0. The number of rotatable bonds is 3. The minimum atomic E-state index is -1.09. The van der Waals surface area contributed by atoms with Crippen molar-refractivity contribution in [3.63, 3.8) is 0 Å². The van der Waals surface area contributed by atoms with Gasteiger partial charge in [0.1, 0.15) is 11.3 Å². The summed E-state index contributed by atoms with van der Waals surface area (Å²) in [5.41, 5.74) is 2.35. The first kappa shape index (κ1) is 16.0. The molecule has 1 aliphatic heterocycles. The maximum absolute atomic E-state index is 13.0. The lowest BCUT2D eigenvalue weighted by molar-refractivity contribution is 0.0692. The Bertz CT molecular complexity index is 788. The molecule has 0 unspecified atom stereocenters. The zero-order chi connectivity index (χ0) is 17.1. The van der Waals surface area contributed by atoms with Crippen molar-refractivity contribution < 1.29 is 19.4 Å². The van der Waals surface area contributed by atoms with Crippen LogP contribution >= 0.6 is 0 Å². The van der Waals surface area contributed by atoms with Gasteiger partial charge in [-0.05, 0) is 49.1 Å². The number of pyridine rings is 1. The van der Waals surface area contributed by atoms with Crippen molar-refractivity contribution in [2.24, 2.45) is 0 Å². The number of aromatic carboxylic acids is 1. The molecule has 0 bridgehead atoms. The third kappa shape index (κ3) is 2.95. The van der Waals surface area contributed by atoms with Crippen molar-refractivity contribution in [3.05, 3.63) is 53.3 Å². The summed E-state index contributed by atoms with van der Waals surface area (Å²) in [6, 6.07) is 6.34. The Morgan fingerprint density at radius 1 is 1.25 bits per heavy atom. The zero-order valence-electron chi connectivity index (χ0n) is 13.4. The predicted molar refractivity (Wildman–Crippen MR) is 88.8 cm³/mol. The molecule has 1 N–H and O–H groups in total. The maximum Gasteiger partial charge on any atom is 0.339 e. The van der Waals surface area contributed by atoms with Crippen molar-refractivity contribution in [3.8, 4) is 5.75 Å². The minimum Gasteiger partial charge on any atom is -0.496 e. The van der Waals surface area contributed by atoms with Crippen LogP contribution in [0.2, 0.25) is 0 Å². The van der Waals surface area contributed by atoms with E-state index in [9.17, 15) is 9.59 Å². The summed E-state index contributed by atoms with van der Waals surface area (Å²) in [5, 5.41) is 9.16. The van der Waals surface area contributed by atoms with E-state index in [-0.39, 0.29) is 17.2 Å². The highest BCUT2D eigenvalue weighted by molar-refractivity contribution is 6.07. The van der Waals surface area contributed by atoms with E-state index in [1.807, 2.05) is 6.07 Å². The van der Waals surface area contributed by atoms with Crippen LogP contribution in [0.25, 0.3) is 0 Å². The van der Waals surface area contributed by atoms with Crippen LogP contribution in [-0.4, -0.2) is 35.6 Å². The molecule has 0 fully saturated rings. The number of methoxy groups -OCH3 is 1. The van der Waals surface area contributed by atoms with Gasteiger partial charge in [0.15, 0.2) is 0 Å². The molecule has 3 rings (SSSR count). The minimum absolute atomic E-state index is 0.0342. The smallest absolute Gasteiger partial charge is 0.339 e. The van der Waals surface area contributed by atoms with E-state index >= 15 is 0 Å². The molecule has 0 saturated carbocycles. The lowest BCUT2D eigenvalue weighted by Crippen LogP contribution is -2.32. The molecule has 1 aromatic carbocycles. The first-order valence-electron chi connectivity index (χ1n) is 7.78. The first-order chi connectivity index (χ1) is 11.6. The molecule has 0 spiro atoms. The molecule has 2 heterocycles. The summed E-state index contributed by atoms with van der Waals surface area (Å²) in [7, 11) is 1.39. The summed E-state index contributed by atoms with van der Waals surface area (Å²) >= 11 is 0. The number of fused-ring (bicyclic) bond motifs is 1. The normalized spacial score (nSPS) is 13.8. The van der Waals surface area contributed by atoms with Gasteiger partial charge < -0.3 is 14.7 Å². The summed E-state index contributed by atoms with van der Waals surface area (Å²) in [5.74, 6) is -1.09. The van der Waals surface area contributed by atoms with Gasteiger partial charge in [-0.25, -0.2) is 4.79 Å². The number of carboxylic acid groups (broad SMARTS) is 1. The van der Waals surface area contributed by atoms with Crippen molar-refractivity contribution in [1.29, 1.82) is 0 Å². The van der Waals surface area contributed by atoms with Gasteiger partial charge in [0.25, 0.3) is 5.91 Å². The molecular formula is C18H18N2O4. The number of hydrogen-bond acceptors (Lipinski definition) is 4. The van der Waals surface area contributed by atoms with Crippen LogP contribution in [0.4, 0.5) is 5.69 Å². The summed E-state index contributed by atoms with van der Waals surface area (Å²) in [6.07, 6.45) is 6.29.